The van der Waals surface area contributed by atoms with E-state index >= 15 is 0 Å². The summed E-state index contributed by atoms with van der Waals surface area (Å²) in [5.41, 5.74) is 0. The molecule has 0 aromatic carbocycles. The first-order valence-electron chi connectivity index (χ1n) is 5.62. The highest BCUT2D eigenvalue weighted by Gasteiger charge is 2.25. The lowest BCUT2D eigenvalue weighted by Gasteiger charge is -2.32. The van der Waals surface area contributed by atoms with Gasteiger partial charge in [-0.05, 0) is 31.2 Å². The molecule has 3 atom stereocenters. The Hall–Kier alpha value is -0.0800. The van der Waals surface area contributed by atoms with Crippen LogP contribution in [0.1, 0.15) is 39.5 Å². The molecule has 2 N–H and O–H groups in total. The van der Waals surface area contributed by atoms with Crippen LogP contribution in [0.25, 0.3) is 0 Å². The SMILES string of the molecule is CCNC(CO)C1CCCC(C)C1. The van der Waals surface area contributed by atoms with Crippen LogP contribution >= 0.6 is 0 Å². The maximum absolute atomic E-state index is 9.23. The predicted molar refractivity (Wildman–Crippen MR) is 55.7 cm³/mol. The average Bonchev–Trinajstić information content (AvgIpc) is 2.14. The van der Waals surface area contributed by atoms with Gasteiger partial charge in [-0.15, -0.1) is 0 Å². The lowest BCUT2D eigenvalue weighted by atomic mass is 9.79. The van der Waals surface area contributed by atoms with Crippen LogP contribution in [0.3, 0.4) is 0 Å². The zero-order chi connectivity index (χ0) is 9.68. The van der Waals surface area contributed by atoms with E-state index in [4.69, 9.17) is 0 Å². The van der Waals surface area contributed by atoms with Gasteiger partial charge in [-0.3, -0.25) is 0 Å². The van der Waals surface area contributed by atoms with Crippen LogP contribution in [0.5, 0.6) is 0 Å². The van der Waals surface area contributed by atoms with Gasteiger partial charge in [0, 0.05) is 6.04 Å². The van der Waals surface area contributed by atoms with Crippen molar-refractivity contribution in [1.29, 1.82) is 0 Å². The Morgan fingerprint density at radius 3 is 2.77 bits per heavy atom. The monoisotopic (exact) mass is 185 g/mol. The first kappa shape index (κ1) is 11.0. The van der Waals surface area contributed by atoms with Crippen molar-refractivity contribution in [3.63, 3.8) is 0 Å². The number of aliphatic hydroxyl groups excluding tert-OH is 1. The Labute approximate surface area is 81.7 Å². The number of aliphatic hydroxyl groups is 1. The molecule has 1 rings (SSSR count). The third-order valence-electron chi connectivity index (χ3n) is 3.21. The van der Waals surface area contributed by atoms with Gasteiger partial charge in [-0.1, -0.05) is 26.7 Å². The number of hydrogen-bond donors (Lipinski definition) is 2. The summed E-state index contributed by atoms with van der Waals surface area (Å²) >= 11 is 0. The van der Waals surface area contributed by atoms with Crippen molar-refractivity contribution in [1.82, 2.24) is 5.32 Å². The third-order valence-corrected chi connectivity index (χ3v) is 3.21. The van der Waals surface area contributed by atoms with Crippen molar-refractivity contribution in [3.05, 3.63) is 0 Å². The first-order chi connectivity index (χ1) is 6.27. The molecule has 0 aromatic rings. The predicted octanol–water partition coefficient (Wildman–Crippen LogP) is 1.78. The van der Waals surface area contributed by atoms with Crippen LogP contribution in [0.15, 0.2) is 0 Å². The van der Waals surface area contributed by atoms with E-state index in [1.54, 1.807) is 0 Å². The average molecular weight is 185 g/mol. The third kappa shape index (κ3) is 3.28. The van der Waals surface area contributed by atoms with Crippen molar-refractivity contribution < 1.29 is 5.11 Å². The molecule has 78 valence electrons. The summed E-state index contributed by atoms with van der Waals surface area (Å²) in [6.07, 6.45) is 5.30. The lowest BCUT2D eigenvalue weighted by Crippen LogP contribution is -2.41. The summed E-state index contributed by atoms with van der Waals surface area (Å²) in [4.78, 5) is 0. The van der Waals surface area contributed by atoms with E-state index in [2.05, 4.69) is 19.2 Å². The molecule has 0 amide bonds. The molecule has 2 heteroatoms. The van der Waals surface area contributed by atoms with Crippen LogP contribution in [-0.2, 0) is 0 Å². The minimum absolute atomic E-state index is 0.297. The molecular formula is C11H23NO. The van der Waals surface area contributed by atoms with Gasteiger partial charge >= 0.3 is 0 Å². The highest BCUT2D eigenvalue weighted by Crippen LogP contribution is 2.30. The van der Waals surface area contributed by atoms with Crippen LogP contribution in [-0.4, -0.2) is 24.3 Å². The molecule has 13 heavy (non-hydrogen) atoms. The fraction of sp³-hybridized carbons (Fsp3) is 1.00. The van der Waals surface area contributed by atoms with Gasteiger partial charge in [0.25, 0.3) is 0 Å². The summed E-state index contributed by atoms with van der Waals surface area (Å²) in [6.45, 7) is 5.70. The Balaban J connectivity index is 2.37. The zero-order valence-electron chi connectivity index (χ0n) is 8.92. The second kappa shape index (κ2) is 5.61. The molecule has 3 unspecified atom stereocenters. The second-order valence-corrected chi connectivity index (χ2v) is 4.38. The van der Waals surface area contributed by atoms with Gasteiger partial charge in [0.2, 0.25) is 0 Å². The molecule has 0 spiro atoms. The molecular weight excluding hydrogens is 162 g/mol. The van der Waals surface area contributed by atoms with E-state index in [9.17, 15) is 5.11 Å². The molecule has 0 saturated heterocycles. The molecule has 1 aliphatic carbocycles. The molecule has 1 saturated carbocycles. The normalized spacial score (nSPS) is 31.6. The Morgan fingerprint density at radius 1 is 1.46 bits per heavy atom. The van der Waals surface area contributed by atoms with Crippen LogP contribution in [0, 0.1) is 11.8 Å². The van der Waals surface area contributed by atoms with Crippen molar-refractivity contribution in [2.24, 2.45) is 11.8 Å². The molecule has 2 nitrogen and oxygen atoms in total. The standard InChI is InChI=1S/C11H23NO/c1-3-12-11(8-13)10-6-4-5-9(2)7-10/h9-13H,3-8H2,1-2H3. The van der Waals surface area contributed by atoms with E-state index in [0.29, 0.717) is 18.6 Å². The molecule has 0 radical (unpaired) electrons. The Kier molecular flexibility index (Phi) is 4.74. The zero-order valence-corrected chi connectivity index (χ0v) is 8.92. The minimum atomic E-state index is 0.297. The molecule has 1 aliphatic rings. The van der Waals surface area contributed by atoms with Gasteiger partial charge in [0.05, 0.1) is 6.61 Å². The quantitative estimate of drug-likeness (QED) is 0.700. The Morgan fingerprint density at radius 2 is 2.23 bits per heavy atom. The van der Waals surface area contributed by atoms with Crippen LogP contribution in [0.4, 0.5) is 0 Å². The highest BCUT2D eigenvalue weighted by molar-refractivity contribution is 4.80. The molecule has 1 fully saturated rings. The van der Waals surface area contributed by atoms with Gasteiger partial charge in [-0.2, -0.15) is 0 Å². The second-order valence-electron chi connectivity index (χ2n) is 4.38. The summed E-state index contributed by atoms with van der Waals surface area (Å²) in [5, 5.41) is 12.6. The van der Waals surface area contributed by atoms with Gasteiger partial charge in [0.1, 0.15) is 0 Å². The van der Waals surface area contributed by atoms with Gasteiger partial charge < -0.3 is 10.4 Å². The van der Waals surface area contributed by atoms with Gasteiger partial charge in [-0.25, -0.2) is 0 Å². The van der Waals surface area contributed by atoms with Gasteiger partial charge in [0.15, 0.2) is 0 Å². The van der Waals surface area contributed by atoms with Crippen molar-refractivity contribution in [3.8, 4) is 0 Å². The summed E-state index contributed by atoms with van der Waals surface area (Å²) in [5.74, 6) is 1.56. The first-order valence-corrected chi connectivity index (χ1v) is 5.62. The van der Waals surface area contributed by atoms with E-state index < -0.39 is 0 Å². The maximum Gasteiger partial charge on any atom is 0.0587 e. The largest absolute Gasteiger partial charge is 0.395 e. The number of hydrogen-bond acceptors (Lipinski definition) is 2. The van der Waals surface area contributed by atoms with E-state index in [-0.39, 0.29) is 0 Å². The summed E-state index contributed by atoms with van der Waals surface area (Å²) < 4.78 is 0. The topological polar surface area (TPSA) is 32.3 Å². The lowest BCUT2D eigenvalue weighted by molar-refractivity contribution is 0.155. The van der Waals surface area contributed by atoms with Crippen LogP contribution < -0.4 is 5.32 Å². The minimum Gasteiger partial charge on any atom is -0.395 e. The summed E-state index contributed by atoms with van der Waals surface area (Å²) in [7, 11) is 0. The molecule has 0 heterocycles. The van der Waals surface area contributed by atoms with Crippen molar-refractivity contribution in [2.75, 3.05) is 13.2 Å². The number of likely N-dealkylation sites (N-methyl/N-ethyl adjacent to an activating group) is 1. The molecule has 0 aliphatic heterocycles. The number of nitrogens with one attached hydrogen (secondary N) is 1. The smallest absolute Gasteiger partial charge is 0.0587 e. The van der Waals surface area contributed by atoms with Crippen molar-refractivity contribution >= 4 is 0 Å². The van der Waals surface area contributed by atoms with E-state index in [1.807, 2.05) is 0 Å². The molecule has 0 aromatic heterocycles. The van der Waals surface area contributed by atoms with E-state index in [1.165, 1.54) is 25.7 Å². The fourth-order valence-electron chi connectivity index (χ4n) is 2.49. The van der Waals surface area contributed by atoms with Crippen LogP contribution in [0.2, 0.25) is 0 Å². The van der Waals surface area contributed by atoms with Crippen molar-refractivity contribution in [2.45, 2.75) is 45.6 Å². The Bertz CT molecular complexity index is 138. The van der Waals surface area contributed by atoms with E-state index in [0.717, 1.165) is 12.5 Å². The molecule has 0 bridgehead atoms. The fourth-order valence-corrected chi connectivity index (χ4v) is 2.49. The summed E-state index contributed by atoms with van der Waals surface area (Å²) in [6, 6.07) is 0.341. The maximum atomic E-state index is 9.23. The number of rotatable bonds is 4. The highest BCUT2D eigenvalue weighted by atomic mass is 16.3.